The van der Waals surface area contributed by atoms with Gasteiger partial charge in [0.25, 0.3) is 0 Å². The summed E-state index contributed by atoms with van der Waals surface area (Å²) < 4.78 is 5.51. The molecule has 0 saturated carbocycles. The van der Waals surface area contributed by atoms with Crippen LogP contribution in [0.4, 0.5) is 4.79 Å². The van der Waals surface area contributed by atoms with Gasteiger partial charge in [-0.2, -0.15) is 0 Å². The fraction of sp³-hybridized carbons (Fsp3) is 0.375. The highest BCUT2D eigenvalue weighted by molar-refractivity contribution is 5.79. The van der Waals surface area contributed by atoms with E-state index in [4.69, 9.17) is 9.84 Å². The molecule has 0 aromatic heterocycles. The molecule has 0 spiro atoms. The molecule has 2 aromatic carbocycles. The number of amides is 2. The number of aliphatic hydroxyl groups is 1. The number of aliphatic carboxylic acids is 1. The Kier molecular flexibility index (Phi) is 7.83. The molecule has 0 bridgehead atoms. The van der Waals surface area contributed by atoms with Crippen molar-refractivity contribution in [3.63, 3.8) is 0 Å². The van der Waals surface area contributed by atoms with Gasteiger partial charge in [0.1, 0.15) is 6.61 Å². The number of carboxylic acids is 1. The Balaban J connectivity index is 1.50. The van der Waals surface area contributed by atoms with Gasteiger partial charge in [-0.1, -0.05) is 55.5 Å². The van der Waals surface area contributed by atoms with Gasteiger partial charge in [0.15, 0.2) is 6.10 Å². The van der Waals surface area contributed by atoms with Gasteiger partial charge in [0, 0.05) is 31.3 Å². The summed E-state index contributed by atoms with van der Waals surface area (Å²) in [5.74, 6) is -1.71. The molecule has 0 heterocycles. The Morgan fingerprint density at radius 2 is 1.62 bits per heavy atom. The summed E-state index contributed by atoms with van der Waals surface area (Å²) in [7, 11) is 0. The zero-order chi connectivity index (χ0) is 23.1. The van der Waals surface area contributed by atoms with E-state index in [-0.39, 0.29) is 37.8 Å². The first-order chi connectivity index (χ1) is 15.4. The highest BCUT2D eigenvalue weighted by atomic mass is 16.5. The minimum Gasteiger partial charge on any atom is -0.479 e. The molecular weight excluding hydrogens is 412 g/mol. The fourth-order valence-corrected chi connectivity index (χ4v) is 3.87. The van der Waals surface area contributed by atoms with Crippen LogP contribution in [0.3, 0.4) is 0 Å². The van der Waals surface area contributed by atoms with Crippen LogP contribution >= 0.6 is 0 Å². The van der Waals surface area contributed by atoms with Crippen molar-refractivity contribution in [1.29, 1.82) is 0 Å². The van der Waals surface area contributed by atoms with Crippen molar-refractivity contribution in [2.45, 2.75) is 44.2 Å². The molecule has 0 radical (unpaired) electrons. The molecule has 0 aliphatic heterocycles. The number of hydrogen-bond donors (Lipinski definition) is 4. The molecule has 2 aromatic rings. The average Bonchev–Trinajstić information content (AvgIpc) is 3.10. The van der Waals surface area contributed by atoms with Gasteiger partial charge < -0.3 is 25.6 Å². The van der Waals surface area contributed by atoms with Crippen LogP contribution in [-0.4, -0.2) is 53.5 Å². The van der Waals surface area contributed by atoms with Crippen LogP contribution in [0.25, 0.3) is 11.1 Å². The van der Waals surface area contributed by atoms with E-state index in [1.165, 1.54) is 0 Å². The van der Waals surface area contributed by atoms with E-state index in [1.54, 1.807) is 0 Å². The topological polar surface area (TPSA) is 125 Å². The maximum Gasteiger partial charge on any atom is 0.407 e. The van der Waals surface area contributed by atoms with Crippen molar-refractivity contribution in [2.24, 2.45) is 0 Å². The van der Waals surface area contributed by atoms with Crippen molar-refractivity contribution in [3.8, 4) is 11.1 Å². The number of alkyl carbamates (subject to hydrolysis) is 1. The molecule has 0 fully saturated rings. The van der Waals surface area contributed by atoms with E-state index in [9.17, 15) is 19.5 Å². The van der Waals surface area contributed by atoms with Gasteiger partial charge in [-0.05, 0) is 28.7 Å². The normalized spacial score (nSPS) is 14.1. The number of nitrogens with one attached hydrogen (secondary N) is 2. The first-order valence-corrected chi connectivity index (χ1v) is 10.7. The average molecular weight is 440 g/mol. The second kappa shape index (κ2) is 10.8. The Hall–Kier alpha value is -3.39. The zero-order valence-electron chi connectivity index (χ0n) is 17.9. The lowest BCUT2D eigenvalue weighted by Gasteiger charge is -2.19. The van der Waals surface area contributed by atoms with Crippen LogP contribution in [0, 0.1) is 0 Å². The molecule has 1 aliphatic rings. The third kappa shape index (κ3) is 5.64. The van der Waals surface area contributed by atoms with Gasteiger partial charge in [0.05, 0.1) is 0 Å². The lowest BCUT2D eigenvalue weighted by atomic mass is 9.98. The summed E-state index contributed by atoms with van der Waals surface area (Å²) in [6.07, 6.45) is -1.64. The van der Waals surface area contributed by atoms with Gasteiger partial charge >= 0.3 is 12.1 Å². The highest BCUT2D eigenvalue weighted by Crippen LogP contribution is 2.44. The van der Waals surface area contributed by atoms with Gasteiger partial charge in [-0.3, -0.25) is 4.79 Å². The van der Waals surface area contributed by atoms with E-state index in [2.05, 4.69) is 22.8 Å². The molecule has 32 heavy (non-hydrogen) atoms. The molecule has 8 nitrogen and oxygen atoms in total. The Labute approximate surface area is 186 Å². The largest absolute Gasteiger partial charge is 0.479 e. The summed E-state index contributed by atoms with van der Waals surface area (Å²) in [4.78, 5) is 35.0. The molecule has 3 rings (SSSR count). The number of carbonyl (C=O) groups excluding carboxylic acids is 2. The van der Waals surface area contributed by atoms with E-state index in [1.807, 2.05) is 43.3 Å². The lowest BCUT2D eigenvalue weighted by molar-refractivity contribution is -0.147. The van der Waals surface area contributed by atoms with Crippen molar-refractivity contribution in [2.75, 3.05) is 13.2 Å². The number of carboxylic acid groups (broad SMARTS) is 1. The van der Waals surface area contributed by atoms with Gasteiger partial charge in [-0.25, -0.2) is 9.59 Å². The quantitative estimate of drug-likeness (QED) is 0.450. The maximum absolute atomic E-state index is 12.4. The standard InChI is InChI=1S/C24H28N2O6/c1-2-15(13-22(28)25-12-11-21(27)23(29)30)26-24(31)32-14-20-18-9-5-3-7-16(18)17-8-4-6-10-19(17)20/h3-10,15,20-21,27H,2,11-14H2,1H3,(H,25,28)(H,26,31)(H,29,30)/t15?,21-/m0/s1. The number of aliphatic hydroxyl groups excluding tert-OH is 1. The second-order valence-corrected chi connectivity index (χ2v) is 7.77. The summed E-state index contributed by atoms with van der Waals surface area (Å²) in [5, 5.41) is 23.1. The zero-order valence-corrected chi connectivity index (χ0v) is 17.9. The molecule has 8 heteroatoms. The van der Waals surface area contributed by atoms with E-state index >= 15 is 0 Å². The SMILES string of the molecule is CCC(CC(=O)NCC[C@H](O)C(=O)O)NC(=O)OCC1c2ccccc2-c2ccccc21. The highest BCUT2D eigenvalue weighted by Gasteiger charge is 2.29. The molecule has 4 N–H and O–H groups in total. The van der Waals surface area contributed by atoms with Crippen LogP contribution in [0.1, 0.15) is 43.2 Å². The lowest BCUT2D eigenvalue weighted by Crippen LogP contribution is -2.40. The smallest absolute Gasteiger partial charge is 0.407 e. The first kappa shape index (κ1) is 23.3. The van der Waals surface area contributed by atoms with Crippen molar-refractivity contribution < 1.29 is 29.3 Å². The van der Waals surface area contributed by atoms with E-state index < -0.39 is 24.2 Å². The number of rotatable bonds is 10. The predicted molar refractivity (Wildman–Crippen MR) is 118 cm³/mol. The van der Waals surface area contributed by atoms with Crippen LogP contribution in [0.15, 0.2) is 48.5 Å². The minimum absolute atomic E-state index is 0.0316. The number of hydrogen-bond acceptors (Lipinski definition) is 5. The summed E-state index contributed by atoms with van der Waals surface area (Å²) >= 11 is 0. The van der Waals surface area contributed by atoms with Crippen LogP contribution < -0.4 is 10.6 Å². The first-order valence-electron chi connectivity index (χ1n) is 10.7. The summed E-state index contributed by atoms with van der Waals surface area (Å²) in [6, 6.07) is 15.7. The summed E-state index contributed by atoms with van der Waals surface area (Å²) in [5.41, 5.74) is 4.54. The molecule has 1 unspecified atom stereocenters. The Bertz CT molecular complexity index is 931. The number of benzene rings is 2. The molecule has 2 atom stereocenters. The minimum atomic E-state index is -1.52. The number of fused-ring (bicyclic) bond motifs is 3. The summed E-state index contributed by atoms with van der Waals surface area (Å²) in [6.45, 7) is 2.07. The fourth-order valence-electron chi connectivity index (χ4n) is 3.87. The molecular formula is C24H28N2O6. The molecule has 170 valence electrons. The monoisotopic (exact) mass is 440 g/mol. The van der Waals surface area contributed by atoms with Gasteiger partial charge in [0.2, 0.25) is 5.91 Å². The third-order valence-corrected chi connectivity index (χ3v) is 5.62. The number of carbonyl (C=O) groups is 3. The third-order valence-electron chi connectivity index (χ3n) is 5.62. The van der Waals surface area contributed by atoms with Crippen molar-refractivity contribution in [3.05, 3.63) is 59.7 Å². The van der Waals surface area contributed by atoms with E-state index in [0.29, 0.717) is 6.42 Å². The van der Waals surface area contributed by atoms with Crippen molar-refractivity contribution >= 4 is 18.0 Å². The second-order valence-electron chi connectivity index (χ2n) is 7.77. The molecule has 1 aliphatic carbocycles. The van der Waals surface area contributed by atoms with Crippen LogP contribution in [-0.2, 0) is 14.3 Å². The molecule has 2 amide bonds. The Morgan fingerprint density at radius 3 is 2.19 bits per heavy atom. The Morgan fingerprint density at radius 1 is 1.03 bits per heavy atom. The van der Waals surface area contributed by atoms with Crippen LogP contribution in [0.5, 0.6) is 0 Å². The van der Waals surface area contributed by atoms with E-state index in [0.717, 1.165) is 22.3 Å². The number of ether oxygens (including phenoxy) is 1. The van der Waals surface area contributed by atoms with Crippen molar-refractivity contribution in [1.82, 2.24) is 10.6 Å². The predicted octanol–water partition coefficient (Wildman–Crippen LogP) is 2.65. The van der Waals surface area contributed by atoms with Gasteiger partial charge in [-0.15, -0.1) is 0 Å². The maximum atomic E-state index is 12.4. The molecule has 0 saturated heterocycles. The van der Waals surface area contributed by atoms with Crippen LogP contribution in [0.2, 0.25) is 0 Å².